The van der Waals surface area contributed by atoms with Gasteiger partial charge in [0.2, 0.25) is 0 Å². The molecule has 2 rings (SSSR count). The molecule has 6 nitrogen and oxygen atoms in total. The molecule has 0 aliphatic carbocycles. The number of guanidine groups is 1. The second-order valence-electron chi connectivity index (χ2n) is 5.06. The Morgan fingerprint density at radius 2 is 2.09 bits per heavy atom. The summed E-state index contributed by atoms with van der Waals surface area (Å²) in [6.07, 6.45) is 4.86. The average Bonchev–Trinajstić information content (AvgIpc) is 3.05. The highest BCUT2D eigenvalue weighted by molar-refractivity contribution is 5.79. The zero-order valence-electron chi connectivity index (χ0n) is 13.8. The Kier molecular flexibility index (Phi) is 7.13. The maximum atomic E-state index is 5.02. The quantitative estimate of drug-likeness (QED) is 0.441. The van der Waals surface area contributed by atoms with E-state index in [0.29, 0.717) is 13.2 Å². The second kappa shape index (κ2) is 9.63. The lowest BCUT2D eigenvalue weighted by Crippen LogP contribution is -2.38. The monoisotopic (exact) mass is 315 g/mol. The fourth-order valence-electron chi connectivity index (χ4n) is 2.13. The molecule has 0 fully saturated rings. The van der Waals surface area contributed by atoms with Crippen molar-refractivity contribution < 1.29 is 4.74 Å². The van der Waals surface area contributed by atoms with Gasteiger partial charge in [0.15, 0.2) is 5.96 Å². The lowest BCUT2D eigenvalue weighted by molar-refractivity contribution is 0.208. The van der Waals surface area contributed by atoms with Crippen molar-refractivity contribution in [2.45, 2.75) is 13.3 Å². The molecule has 0 aliphatic rings. The van der Waals surface area contributed by atoms with Crippen molar-refractivity contribution >= 4 is 5.96 Å². The highest BCUT2D eigenvalue weighted by Crippen LogP contribution is 2.07. The van der Waals surface area contributed by atoms with Crippen molar-refractivity contribution in [3.05, 3.63) is 48.3 Å². The molecule has 23 heavy (non-hydrogen) atoms. The minimum atomic E-state index is 0.625. The van der Waals surface area contributed by atoms with E-state index in [1.165, 1.54) is 5.56 Å². The number of methoxy groups -OCH3 is 1. The van der Waals surface area contributed by atoms with E-state index in [0.717, 1.165) is 31.2 Å². The zero-order chi connectivity index (χ0) is 16.3. The second-order valence-corrected chi connectivity index (χ2v) is 5.06. The van der Waals surface area contributed by atoms with Crippen LogP contribution in [0.2, 0.25) is 0 Å². The number of hydrogen-bond donors (Lipinski definition) is 2. The van der Waals surface area contributed by atoms with E-state index in [2.05, 4.69) is 33.8 Å². The van der Waals surface area contributed by atoms with E-state index < -0.39 is 0 Å². The maximum Gasteiger partial charge on any atom is 0.191 e. The molecule has 0 amide bonds. The molecule has 6 heteroatoms. The Labute approximate surface area is 137 Å². The normalized spacial score (nSPS) is 11.5. The molecule has 1 aromatic heterocycles. The summed E-state index contributed by atoms with van der Waals surface area (Å²) in [5, 5.41) is 11.0. The van der Waals surface area contributed by atoms with E-state index in [-0.39, 0.29) is 0 Å². The Morgan fingerprint density at radius 3 is 2.83 bits per heavy atom. The fraction of sp³-hybridized carbons (Fsp3) is 0.412. The summed E-state index contributed by atoms with van der Waals surface area (Å²) in [6, 6.07) is 10.1. The van der Waals surface area contributed by atoms with Crippen LogP contribution in [0, 0.1) is 0 Å². The van der Waals surface area contributed by atoms with Crippen LogP contribution in [0.4, 0.5) is 0 Å². The van der Waals surface area contributed by atoms with Crippen molar-refractivity contribution in [1.29, 1.82) is 0 Å². The zero-order valence-corrected chi connectivity index (χ0v) is 13.8. The van der Waals surface area contributed by atoms with Gasteiger partial charge in [0.1, 0.15) is 0 Å². The minimum absolute atomic E-state index is 0.625. The summed E-state index contributed by atoms with van der Waals surface area (Å²) >= 11 is 0. The Bertz CT molecular complexity index is 594. The van der Waals surface area contributed by atoms with Crippen LogP contribution in [0.1, 0.15) is 12.5 Å². The summed E-state index contributed by atoms with van der Waals surface area (Å²) in [5.41, 5.74) is 2.26. The van der Waals surface area contributed by atoms with Crippen molar-refractivity contribution in [1.82, 2.24) is 20.4 Å². The number of hydrogen-bond acceptors (Lipinski definition) is 3. The number of nitrogens with zero attached hydrogens (tertiary/aromatic N) is 3. The predicted molar refractivity (Wildman–Crippen MR) is 93.1 cm³/mol. The summed E-state index contributed by atoms with van der Waals surface area (Å²) in [6.45, 7) is 4.97. The number of nitrogens with one attached hydrogen (secondary N) is 2. The molecule has 1 heterocycles. The third-order valence-corrected chi connectivity index (χ3v) is 3.27. The molecule has 0 unspecified atom stereocenters. The van der Waals surface area contributed by atoms with Crippen LogP contribution in [-0.4, -0.2) is 49.1 Å². The van der Waals surface area contributed by atoms with E-state index in [9.17, 15) is 0 Å². The number of rotatable bonds is 8. The van der Waals surface area contributed by atoms with Crippen LogP contribution in [0.3, 0.4) is 0 Å². The van der Waals surface area contributed by atoms with Gasteiger partial charge in [0, 0.05) is 26.4 Å². The molecule has 2 aromatic rings. The van der Waals surface area contributed by atoms with E-state index in [1.54, 1.807) is 7.11 Å². The standard InChI is InChI=1S/C17H25N5O/c1-3-18-17(20-11-12-23-2)19-10-9-15-13-21-22(14-15)16-7-5-4-6-8-16/h4-8,13-14H,3,9-12H2,1-2H3,(H2,18,19,20). The molecule has 0 radical (unpaired) electrons. The maximum absolute atomic E-state index is 5.02. The molecule has 0 spiro atoms. The van der Waals surface area contributed by atoms with Gasteiger partial charge >= 0.3 is 0 Å². The molecule has 0 atom stereocenters. The number of ether oxygens (including phenoxy) is 1. The van der Waals surface area contributed by atoms with Gasteiger partial charge in [-0.1, -0.05) is 18.2 Å². The van der Waals surface area contributed by atoms with E-state index >= 15 is 0 Å². The van der Waals surface area contributed by atoms with Crippen LogP contribution >= 0.6 is 0 Å². The summed E-state index contributed by atoms with van der Waals surface area (Å²) in [4.78, 5) is 4.44. The number of aromatic nitrogens is 2. The van der Waals surface area contributed by atoms with Gasteiger partial charge in [-0.2, -0.15) is 5.10 Å². The van der Waals surface area contributed by atoms with Crippen molar-refractivity contribution in [2.24, 2.45) is 4.99 Å². The number of para-hydroxylation sites is 1. The highest BCUT2D eigenvalue weighted by Gasteiger charge is 2.02. The minimum Gasteiger partial charge on any atom is -0.383 e. The smallest absolute Gasteiger partial charge is 0.191 e. The number of aliphatic imine (C=N–C) groups is 1. The topological polar surface area (TPSA) is 63.5 Å². The van der Waals surface area contributed by atoms with Gasteiger partial charge in [-0.25, -0.2) is 4.68 Å². The summed E-state index contributed by atoms with van der Waals surface area (Å²) in [5.74, 6) is 0.819. The van der Waals surface area contributed by atoms with Crippen LogP contribution in [0.25, 0.3) is 5.69 Å². The Morgan fingerprint density at radius 1 is 1.26 bits per heavy atom. The van der Waals surface area contributed by atoms with Gasteiger partial charge < -0.3 is 15.4 Å². The largest absolute Gasteiger partial charge is 0.383 e. The molecule has 0 saturated carbocycles. The molecule has 1 aromatic carbocycles. The average molecular weight is 315 g/mol. The molecular formula is C17H25N5O. The molecule has 0 bridgehead atoms. The van der Waals surface area contributed by atoms with Gasteiger partial charge in [-0.15, -0.1) is 0 Å². The van der Waals surface area contributed by atoms with Crippen LogP contribution in [-0.2, 0) is 11.2 Å². The van der Waals surface area contributed by atoms with E-state index in [1.807, 2.05) is 41.2 Å². The first kappa shape index (κ1) is 17.0. The highest BCUT2D eigenvalue weighted by atomic mass is 16.5. The van der Waals surface area contributed by atoms with Crippen molar-refractivity contribution in [2.75, 3.05) is 33.4 Å². The van der Waals surface area contributed by atoms with Gasteiger partial charge in [-0.05, 0) is 31.0 Å². The third-order valence-electron chi connectivity index (χ3n) is 3.27. The van der Waals surface area contributed by atoms with Gasteiger partial charge in [0.25, 0.3) is 0 Å². The fourth-order valence-corrected chi connectivity index (χ4v) is 2.13. The van der Waals surface area contributed by atoms with Crippen molar-refractivity contribution in [3.63, 3.8) is 0 Å². The number of benzene rings is 1. The predicted octanol–water partition coefficient (Wildman–Crippen LogP) is 1.62. The molecule has 2 N–H and O–H groups in total. The van der Waals surface area contributed by atoms with Crippen LogP contribution in [0.5, 0.6) is 0 Å². The molecule has 124 valence electrons. The summed E-state index contributed by atoms with van der Waals surface area (Å²) in [7, 11) is 1.68. The first-order chi connectivity index (χ1) is 11.3. The van der Waals surface area contributed by atoms with Crippen molar-refractivity contribution in [3.8, 4) is 5.69 Å². The SMILES string of the molecule is CCNC(=NCCOC)NCCc1cnn(-c2ccccc2)c1. The summed E-state index contributed by atoms with van der Waals surface area (Å²) < 4.78 is 6.91. The van der Waals surface area contributed by atoms with Crippen LogP contribution in [0.15, 0.2) is 47.7 Å². The lowest BCUT2D eigenvalue weighted by atomic mass is 10.2. The molecule has 0 aliphatic heterocycles. The molecule has 0 saturated heterocycles. The first-order valence-corrected chi connectivity index (χ1v) is 7.93. The lowest BCUT2D eigenvalue weighted by Gasteiger charge is -2.10. The first-order valence-electron chi connectivity index (χ1n) is 7.93. The van der Waals surface area contributed by atoms with Gasteiger partial charge in [0.05, 0.1) is 25.0 Å². The Hall–Kier alpha value is -2.34. The molecular weight excluding hydrogens is 290 g/mol. The van der Waals surface area contributed by atoms with E-state index in [4.69, 9.17) is 4.74 Å². The Balaban J connectivity index is 1.83. The third kappa shape index (κ3) is 5.75. The van der Waals surface area contributed by atoms with Crippen LogP contribution < -0.4 is 10.6 Å². The van der Waals surface area contributed by atoms with Gasteiger partial charge in [-0.3, -0.25) is 4.99 Å².